The van der Waals surface area contributed by atoms with Gasteiger partial charge in [-0.1, -0.05) is 6.42 Å². The van der Waals surface area contributed by atoms with Crippen LogP contribution in [0.2, 0.25) is 6.32 Å². The molecule has 1 rings (SSSR count). The molecule has 0 aromatic heterocycles. The minimum absolute atomic E-state index is 0.0704. The highest BCUT2D eigenvalue weighted by Crippen LogP contribution is 2.29. The van der Waals surface area contributed by atoms with E-state index in [4.69, 9.17) is 15.8 Å². The summed E-state index contributed by atoms with van der Waals surface area (Å²) in [5.41, 5.74) is 5.59. The number of aliphatic hydroxyl groups excluding tert-OH is 1. The van der Waals surface area contributed by atoms with Gasteiger partial charge >= 0.3 is 13.1 Å². The Kier molecular flexibility index (Phi) is 6.60. The Bertz CT molecular complexity index is 379. The second-order valence-corrected chi connectivity index (χ2v) is 5.63. The van der Waals surface area contributed by atoms with E-state index in [0.717, 1.165) is 0 Å². The predicted octanol–water partition coefficient (Wildman–Crippen LogP) is -1.89. The standard InChI is InChI=1S/C12H23BN2O6/c1-7(16)10(14)11(17)15-5-8(3-2-4-13(20)21)9(6-15)12(18)19/h7-10,16,20-21H,2-6,14H2,1H3,(H,18,19)/t7-,8?,9?,10+/m1/s1. The number of nitrogens with zero attached hydrogens (tertiary/aromatic N) is 1. The Hall–Kier alpha value is -1.16. The lowest BCUT2D eigenvalue weighted by atomic mass is 9.80. The molecule has 4 atom stereocenters. The number of carbonyl (C=O) groups is 2. The van der Waals surface area contributed by atoms with Gasteiger partial charge in [0.25, 0.3) is 0 Å². The number of amides is 1. The van der Waals surface area contributed by atoms with Gasteiger partial charge in [0, 0.05) is 13.1 Å². The van der Waals surface area contributed by atoms with Gasteiger partial charge in [-0.3, -0.25) is 9.59 Å². The van der Waals surface area contributed by atoms with Gasteiger partial charge in [0.1, 0.15) is 6.04 Å². The Morgan fingerprint density at radius 2 is 2.00 bits per heavy atom. The van der Waals surface area contributed by atoms with E-state index < -0.39 is 37.1 Å². The third kappa shape index (κ3) is 4.96. The van der Waals surface area contributed by atoms with Crippen molar-refractivity contribution >= 4 is 19.0 Å². The molecule has 1 fully saturated rings. The van der Waals surface area contributed by atoms with Gasteiger partial charge in [-0.25, -0.2) is 0 Å². The summed E-state index contributed by atoms with van der Waals surface area (Å²) >= 11 is 0. The number of aliphatic hydroxyl groups is 1. The Balaban J connectivity index is 2.64. The molecule has 1 heterocycles. The summed E-state index contributed by atoms with van der Waals surface area (Å²) in [5.74, 6) is -2.37. The lowest BCUT2D eigenvalue weighted by Crippen LogP contribution is -2.48. The van der Waals surface area contributed by atoms with E-state index in [9.17, 15) is 19.8 Å². The molecule has 0 aliphatic carbocycles. The van der Waals surface area contributed by atoms with Gasteiger partial charge in [0.05, 0.1) is 12.0 Å². The van der Waals surface area contributed by atoms with Crippen LogP contribution in [0.3, 0.4) is 0 Å². The van der Waals surface area contributed by atoms with E-state index in [1.807, 2.05) is 0 Å². The summed E-state index contributed by atoms with van der Waals surface area (Å²) in [7, 11) is -1.41. The molecule has 1 aliphatic heterocycles. The summed E-state index contributed by atoms with van der Waals surface area (Å²) in [6.45, 7) is 1.74. The highest BCUT2D eigenvalue weighted by Gasteiger charge is 2.40. The van der Waals surface area contributed by atoms with Gasteiger partial charge in [-0.15, -0.1) is 0 Å². The van der Waals surface area contributed by atoms with Crippen molar-refractivity contribution in [2.24, 2.45) is 17.6 Å². The molecule has 0 aromatic rings. The monoisotopic (exact) mass is 302 g/mol. The third-order valence-corrected chi connectivity index (χ3v) is 3.91. The molecule has 0 bridgehead atoms. The number of rotatable bonds is 7. The molecule has 0 spiro atoms. The number of hydrogen-bond acceptors (Lipinski definition) is 6. The molecule has 0 saturated carbocycles. The first-order valence-corrected chi connectivity index (χ1v) is 7.05. The van der Waals surface area contributed by atoms with Crippen LogP contribution in [0.1, 0.15) is 19.8 Å². The largest absolute Gasteiger partial charge is 0.481 e. The van der Waals surface area contributed by atoms with E-state index in [-0.39, 0.29) is 25.3 Å². The Labute approximate surface area is 123 Å². The molecule has 1 aliphatic rings. The molecule has 8 nitrogen and oxygen atoms in total. The molecular weight excluding hydrogens is 279 g/mol. The van der Waals surface area contributed by atoms with Crippen LogP contribution in [0.5, 0.6) is 0 Å². The number of carbonyl (C=O) groups excluding carboxylic acids is 1. The van der Waals surface area contributed by atoms with Gasteiger partial charge in [-0.2, -0.15) is 0 Å². The maximum absolute atomic E-state index is 12.1. The van der Waals surface area contributed by atoms with Crippen molar-refractivity contribution < 1.29 is 29.9 Å². The van der Waals surface area contributed by atoms with Crippen LogP contribution in [0.4, 0.5) is 0 Å². The summed E-state index contributed by atoms with van der Waals surface area (Å²) in [5, 5.41) is 36.2. The van der Waals surface area contributed by atoms with Crippen LogP contribution >= 0.6 is 0 Å². The van der Waals surface area contributed by atoms with E-state index in [1.54, 1.807) is 0 Å². The molecule has 21 heavy (non-hydrogen) atoms. The Morgan fingerprint density at radius 3 is 2.48 bits per heavy atom. The first-order valence-electron chi connectivity index (χ1n) is 7.05. The van der Waals surface area contributed by atoms with Crippen LogP contribution in [0.15, 0.2) is 0 Å². The zero-order valence-electron chi connectivity index (χ0n) is 12.1. The van der Waals surface area contributed by atoms with Gasteiger partial charge < -0.3 is 30.9 Å². The predicted molar refractivity (Wildman–Crippen MR) is 75.1 cm³/mol. The lowest BCUT2D eigenvalue weighted by molar-refractivity contribution is -0.142. The minimum Gasteiger partial charge on any atom is -0.481 e. The van der Waals surface area contributed by atoms with E-state index >= 15 is 0 Å². The van der Waals surface area contributed by atoms with Crippen LogP contribution in [0, 0.1) is 11.8 Å². The van der Waals surface area contributed by atoms with Crippen molar-refractivity contribution in [1.29, 1.82) is 0 Å². The van der Waals surface area contributed by atoms with Crippen molar-refractivity contribution in [2.45, 2.75) is 38.2 Å². The van der Waals surface area contributed by atoms with Gasteiger partial charge in [0.2, 0.25) is 5.91 Å². The molecule has 1 saturated heterocycles. The van der Waals surface area contributed by atoms with Crippen molar-refractivity contribution in [3.05, 3.63) is 0 Å². The number of hydrogen-bond donors (Lipinski definition) is 5. The number of likely N-dealkylation sites (tertiary alicyclic amines) is 1. The minimum atomic E-state index is -1.41. The fourth-order valence-electron chi connectivity index (χ4n) is 2.60. The molecule has 0 aromatic carbocycles. The van der Waals surface area contributed by atoms with Crippen LogP contribution < -0.4 is 5.73 Å². The molecule has 1 amide bonds. The maximum atomic E-state index is 12.1. The normalized spacial score (nSPS) is 24.7. The van der Waals surface area contributed by atoms with E-state index in [1.165, 1.54) is 11.8 Å². The topological polar surface area (TPSA) is 144 Å². The zero-order chi connectivity index (χ0) is 16.2. The SMILES string of the molecule is C[C@@H](O)[C@H](N)C(=O)N1CC(CCCB(O)O)C(C(=O)O)C1. The first kappa shape index (κ1) is 17.9. The van der Waals surface area contributed by atoms with Crippen molar-refractivity contribution in [3.63, 3.8) is 0 Å². The first-order chi connectivity index (χ1) is 9.73. The second-order valence-electron chi connectivity index (χ2n) is 5.63. The van der Waals surface area contributed by atoms with Crippen LogP contribution in [-0.2, 0) is 9.59 Å². The van der Waals surface area contributed by atoms with Crippen molar-refractivity contribution in [3.8, 4) is 0 Å². The zero-order valence-corrected chi connectivity index (χ0v) is 12.1. The molecule has 9 heteroatoms. The fourth-order valence-corrected chi connectivity index (χ4v) is 2.60. The summed E-state index contributed by atoms with van der Waals surface area (Å²) < 4.78 is 0. The number of carboxylic acid groups (broad SMARTS) is 1. The maximum Gasteiger partial charge on any atom is 0.451 e. The molecule has 6 N–H and O–H groups in total. The van der Waals surface area contributed by atoms with E-state index in [2.05, 4.69) is 0 Å². The quantitative estimate of drug-likeness (QED) is 0.346. The summed E-state index contributed by atoms with van der Waals surface area (Å²) in [4.78, 5) is 24.7. The van der Waals surface area contributed by atoms with Crippen LogP contribution in [-0.4, -0.2) is 69.4 Å². The third-order valence-electron chi connectivity index (χ3n) is 3.91. The Morgan fingerprint density at radius 1 is 1.38 bits per heavy atom. The number of nitrogens with two attached hydrogens (primary N) is 1. The second kappa shape index (κ2) is 7.74. The average Bonchev–Trinajstić information content (AvgIpc) is 2.80. The van der Waals surface area contributed by atoms with Crippen molar-refractivity contribution in [1.82, 2.24) is 4.90 Å². The van der Waals surface area contributed by atoms with Crippen LogP contribution in [0.25, 0.3) is 0 Å². The molecular formula is C12H23BN2O6. The summed E-state index contributed by atoms with van der Waals surface area (Å²) in [6.07, 6.45) is 0.132. The van der Waals surface area contributed by atoms with E-state index in [0.29, 0.717) is 12.8 Å². The number of carboxylic acids is 1. The summed E-state index contributed by atoms with van der Waals surface area (Å²) in [6, 6.07) is -1.06. The highest BCUT2D eigenvalue weighted by molar-refractivity contribution is 6.40. The average molecular weight is 302 g/mol. The fraction of sp³-hybridized carbons (Fsp3) is 0.833. The van der Waals surface area contributed by atoms with Gasteiger partial charge in [0.15, 0.2) is 0 Å². The van der Waals surface area contributed by atoms with Crippen molar-refractivity contribution in [2.75, 3.05) is 13.1 Å². The molecule has 0 radical (unpaired) electrons. The smallest absolute Gasteiger partial charge is 0.451 e. The molecule has 2 unspecified atom stereocenters. The number of aliphatic carboxylic acids is 1. The lowest BCUT2D eigenvalue weighted by Gasteiger charge is -2.22. The molecule has 120 valence electrons. The van der Waals surface area contributed by atoms with Gasteiger partial charge in [-0.05, 0) is 25.6 Å². The highest BCUT2D eigenvalue weighted by atomic mass is 16.4.